The van der Waals surface area contributed by atoms with Gasteiger partial charge in [0.25, 0.3) is 0 Å². The molecule has 0 amide bonds. The van der Waals surface area contributed by atoms with Crippen LogP contribution in [0.2, 0.25) is 0 Å². The molecule has 2 fully saturated rings. The molecular formula is C22H24O5. The first-order valence-corrected chi connectivity index (χ1v) is 10.0. The first-order valence-electron chi connectivity index (χ1n) is 10.0. The van der Waals surface area contributed by atoms with Crippen LogP contribution in [0.1, 0.15) is 74.2 Å². The highest BCUT2D eigenvalue weighted by molar-refractivity contribution is 6.11. The number of ether oxygens (including phenoxy) is 1. The van der Waals surface area contributed by atoms with Gasteiger partial charge in [-0.05, 0) is 56.4 Å². The van der Waals surface area contributed by atoms with Gasteiger partial charge in [-0.2, -0.15) is 0 Å². The molecule has 142 valence electrons. The van der Waals surface area contributed by atoms with Crippen molar-refractivity contribution in [3.05, 3.63) is 34.3 Å². The van der Waals surface area contributed by atoms with Crippen LogP contribution in [0.5, 0.6) is 0 Å². The van der Waals surface area contributed by atoms with Gasteiger partial charge in [-0.1, -0.05) is 6.92 Å². The van der Waals surface area contributed by atoms with E-state index in [1.807, 2.05) is 0 Å². The normalized spacial score (nSPS) is 46.5. The minimum Gasteiger partial charge on any atom is -0.460 e. The molecule has 2 heterocycles. The molecule has 5 aliphatic rings. The lowest BCUT2D eigenvalue weighted by molar-refractivity contribution is -0.124. The Kier molecular flexibility index (Phi) is 2.79. The van der Waals surface area contributed by atoms with Crippen LogP contribution in [0.15, 0.2) is 21.8 Å². The molecule has 1 N–H and O–H groups in total. The van der Waals surface area contributed by atoms with Gasteiger partial charge in [0.05, 0.1) is 6.26 Å². The monoisotopic (exact) mass is 368 g/mol. The number of ketones is 2. The van der Waals surface area contributed by atoms with Gasteiger partial charge < -0.3 is 14.3 Å². The minimum atomic E-state index is -0.715. The average Bonchev–Trinajstić information content (AvgIpc) is 3.17. The number of fused-ring (bicyclic) bond motifs is 5. The van der Waals surface area contributed by atoms with Gasteiger partial charge in [0, 0.05) is 28.0 Å². The van der Waals surface area contributed by atoms with E-state index in [2.05, 4.69) is 13.8 Å². The number of carbonyl (C=O) groups excluding carboxylic acids is 2. The first-order chi connectivity index (χ1) is 12.8. The number of hydrogen-bond acceptors (Lipinski definition) is 5. The molecule has 0 bridgehead atoms. The SMILES string of the molecule is CC(=O)C1CCC2C3=C(CCC12C)C1(C)c2c(coc2C3=O)C(O)C2OC21. The molecule has 5 heteroatoms. The fourth-order valence-electron chi connectivity index (χ4n) is 7.18. The number of epoxide rings is 1. The van der Waals surface area contributed by atoms with Crippen molar-refractivity contribution in [2.45, 2.75) is 70.2 Å². The molecule has 1 saturated carbocycles. The third-order valence-corrected chi connectivity index (χ3v) is 8.56. The van der Waals surface area contributed by atoms with Crippen LogP contribution >= 0.6 is 0 Å². The molecule has 0 aromatic carbocycles. The van der Waals surface area contributed by atoms with Crippen molar-refractivity contribution >= 4 is 11.6 Å². The van der Waals surface area contributed by atoms with E-state index < -0.39 is 11.5 Å². The van der Waals surface area contributed by atoms with E-state index in [4.69, 9.17) is 9.15 Å². The van der Waals surface area contributed by atoms with Gasteiger partial charge in [0.2, 0.25) is 5.78 Å². The lowest BCUT2D eigenvalue weighted by atomic mass is 9.53. The molecule has 1 aromatic rings. The predicted octanol–water partition coefficient (Wildman–Crippen LogP) is 3.26. The van der Waals surface area contributed by atoms with E-state index >= 15 is 0 Å². The summed E-state index contributed by atoms with van der Waals surface area (Å²) in [7, 11) is 0. The fourth-order valence-corrected chi connectivity index (χ4v) is 7.18. The Morgan fingerprint density at radius 1 is 1.30 bits per heavy atom. The Labute approximate surface area is 157 Å². The Morgan fingerprint density at radius 3 is 2.81 bits per heavy atom. The highest BCUT2D eigenvalue weighted by Gasteiger charge is 2.68. The van der Waals surface area contributed by atoms with Gasteiger partial charge in [0.1, 0.15) is 24.1 Å². The van der Waals surface area contributed by atoms with E-state index in [9.17, 15) is 14.7 Å². The van der Waals surface area contributed by atoms with Crippen LogP contribution < -0.4 is 0 Å². The maximum atomic E-state index is 13.5. The standard InChI is InChI=1S/C22H24O5/c1-9(23)11-4-5-12-14-13(6-7-21(11,12)2)22(3)15-10(8-26-18(15)17(14)25)16(24)19-20(22)27-19/h8,11-12,16,19-20,24H,4-7H2,1-3H3. The maximum absolute atomic E-state index is 13.5. The molecule has 7 unspecified atom stereocenters. The lowest BCUT2D eigenvalue weighted by Gasteiger charge is -2.48. The summed E-state index contributed by atoms with van der Waals surface area (Å²) in [6, 6.07) is 0. The zero-order chi connectivity index (χ0) is 18.9. The molecule has 4 aliphatic carbocycles. The van der Waals surface area contributed by atoms with Gasteiger partial charge in [-0.25, -0.2) is 0 Å². The van der Waals surface area contributed by atoms with E-state index in [1.54, 1.807) is 13.2 Å². The third-order valence-electron chi connectivity index (χ3n) is 8.56. The lowest BCUT2D eigenvalue weighted by Crippen LogP contribution is -2.48. The summed E-state index contributed by atoms with van der Waals surface area (Å²) in [5.41, 5.74) is 3.07. The second kappa shape index (κ2) is 4.64. The van der Waals surface area contributed by atoms with Crippen molar-refractivity contribution in [1.82, 2.24) is 0 Å². The summed E-state index contributed by atoms with van der Waals surface area (Å²) >= 11 is 0. The molecule has 5 nitrogen and oxygen atoms in total. The van der Waals surface area contributed by atoms with E-state index in [1.165, 1.54) is 5.57 Å². The molecule has 27 heavy (non-hydrogen) atoms. The maximum Gasteiger partial charge on any atom is 0.224 e. The highest BCUT2D eigenvalue weighted by atomic mass is 16.6. The molecule has 1 aromatic heterocycles. The average molecular weight is 368 g/mol. The summed E-state index contributed by atoms with van der Waals surface area (Å²) in [5, 5.41) is 10.6. The number of hydrogen-bond donors (Lipinski definition) is 1. The first kappa shape index (κ1) is 16.3. The summed E-state index contributed by atoms with van der Waals surface area (Å²) in [5.74, 6) is 0.727. The van der Waals surface area contributed by atoms with Crippen LogP contribution in [-0.4, -0.2) is 28.9 Å². The smallest absolute Gasteiger partial charge is 0.224 e. The molecular weight excluding hydrogens is 344 g/mol. The van der Waals surface area contributed by atoms with Crippen molar-refractivity contribution in [3.63, 3.8) is 0 Å². The Hall–Kier alpha value is -1.72. The molecule has 6 rings (SSSR count). The van der Waals surface area contributed by atoms with Gasteiger partial charge >= 0.3 is 0 Å². The topological polar surface area (TPSA) is 80.0 Å². The summed E-state index contributed by atoms with van der Waals surface area (Å²) in [6.07, 6.45) is 3.99. The van der Waals surface area contributed by atoms with Crippen LogP contribution in [0, 0.1) is 17.3 Å². The number of rotatable bonds is 1. The minimum absolute atomic E-state index is 0.0313. The molecule has 0 radical (unpaired) electrons. The van der Waals surface area contributed by atoms with Crippen molar-refractivity contribution in [2.24, 2.45) is 17.3 Å². The van der Waals surface area contributed by atoms with E-state index in [0.717, 1.165) is 36.8 Å². The summed E-state index contributed by atoms with van der Waals surface area (Å²) in [4.78, 5) is 25.8. The zero-order valence-electron chi connectivity index (χ0n) is 15.9. The van der Waals surface area contributed by atoms with E-state index in [-0.39, 0.29) is 41.0 Å². The van der Waals surface area contributed by atoms with Crippen LogP contribution in [0.3, 0.4) is 0 Å². The number of aliphatic hydroxyl groups excluding tert-OH is 1. The Balaban J connectivity index is 1.58. The number of allylic oxidation sites excluding steroid dienone is 1. The summed E-state index contributed by atoms with van der Waals surface area (Å²) in [6.45, 7) is 6.04. The highest BCUT2D eigenvalue weighted by Crippen LogP contribution is 2.66. The van der Waals surface area contributed by atoms with Crippen LogP contribution in [0.4, 0.5) is 0 Å². The molecule has 1 saturated heterocycles. The quantitative estimate of drug-likeness (QED) is 0.770. The number of aliphatic hydroxyl groups is 1. The number of Topliss-reactive ketones (excluding diaryl/α,β-unsaturated/α-hetero) is 2. The second-order valence-corrected chi connectivity index (χ2v) is 9.58. The third kappa shape index (κ3) is 1.62. The van der Waals surface area contributed by atoms with Crippen molar-refractivity contribution < 1.29 is 23.8 Å². The molecule has 0 spiro atoms. The predicted molar refractivity (Wildman–Crippen MR) is 95.3 cm³/mol. The van der Waals surface area contributed by atoms with E-state index in [0.29, 0.717) is 11.3 Å². The Bertz CT molecular complexity index is 954. The van der Waals surface area contributed by atoms with Crippen LogP contribution in [-0.2, 0) is 14.9 Å². The largest absolute Gasteiger partial charge is 0.460 e. The second-order valence-electron chi connectivity index (χ2n) is 9.58. The number of carbonyl (C=O) groups is 2. The Morgan fingerprint density at radius 2 is 2.07 bits per heavy atom. The van der Waals surface area contributed by atoms with Gasteiger partial charge in [-0.3, -0.25) is 9.59 Å². The zero-order valence-corrected chi connectivity index (χ0v) is 15.9. The number of furan rings is 1. The van der Waals surface area contributed by atoms with Gasteiger partial charge in [-0.15, -0.1) is 0 Å². The fraction of sp³-hybridized carbons (Fsp3) is 0.636. The van der Waals surface area contributed by atoms with Crippen molar-refractivity contribution in [2.75, 3.05) is 0 Å². The van der Waals surface area contributed by atoms with Gasteiger partial charge in [0.15, 0.2) is 5.76 Å². The van der Waals surface area contributed by atoms with Crippen molar-refractivity contribution in [1.29, 1.82) is 0 Å². The molecule has 1 aliphatic heterocycles. The van der Waals surface area contributed by atoms with Crippen molar-refractivity contribution in [3.8, 4) is 0 Å². The molecule has 7 atom stereocenters. The summed E-state index contributed by atoms with van der Waals surface area (Å²) < 4.78 is 11.7. The van der Waals surface area contributed by atoms with Crippen LogP contribution in [0.25, 0.3) is 0 Å².